The van der Waals surface area contributed by atoms with Crippen LogP contribution in [0.3, 0.4) is 0 Å². The number of halogens is 1. The molecular weight excluding hydrogens is 460 g/mol. The fraction of sp³-hybridized carbons (Fsp3) is 0.0526. The van der Waals surface area contributed by atoms with Gasteiger partial charge in [-0.1, -0.05) is 47.6 Å². The molecule has 0 aliphatic rings. The maximum Gasteiger partial charge on any atom is 0.260 e. The van der Waals surface area contributed by atoms with Crippen molar-refractivity contribution in [2.45, 2.75) is 10.9 Å². The third-order valence-electron chi connectivity index (χ3n) is 4.40. The molecule has 0 saturated carbocycles. The number of nitrogens with one attached hydrogen (secondary N) is 1. The number of nitrogens with zero attached hydrogens (tertiary/aromatic N) is 4. The van der Waals surface area contributed by atoms with Gasteiger partial charge in [0.15, 0.2) is 5.82 Å². The topological polar surface area (TPSA) is 102 Å². The Bertz CT molecular complexity index is 1410. The molecule has 0 aliphatic carbocycles. The number of aromatic nitrogens is 5. The van der Waals surface area contributed by atoms with Gasteiger partial charge in [0.2, 0.25) is 5.16 Å². The zero-order valence-electron chi connectivity index (χ0n) is 15.2. The molecular formula is C19H13ClN6OS3. The first kappa shape index (κ1) is 19.3. The van der Waals surface area contributed by atoms with Crippen LogP contribution in [-0.2, 0) is 5.75 Å². The number of hydrogen-bond donors (Lipinski definition) is 2. The van der Waals surface area contributed by atoms with E-state index in [9.17, 15) is 4.79 Å². The molecule has 11 heteroatoms. The Labute approximate surface area is 187 Å². The van der Waals surface area contributed by atoms with Gasteiger partial charge in [-0.25, -0.2) is 9.66 Å². The minimum atomic E-state index is -0.194. The maximum absolute atomic E-state index is 12.8. The molecule has 4 aromatic heterocycles. The molecule has 150 valence electrons. The minimum Gasteiger partial charge on any atom is -0.335 e. The minimum absolute atomic E-state index is 0.194. The van der Waals surface area contributed by atoms with E-state index < -0.39 is 0 Å². The van der Waals surface area contributed by atoms with E-state index in [2.05, 4.69) is 20.2 Å². The van der Waals surface area contributed by atoms with E-state index in [4.69, 9.17) is 17.4 Å². The number of thiophene rings is 2. The summed E-state index contributed by atoms with van der Waals surface area (Å²) in [6, 6.07) is 11.3. The lowest BCUT2D eigenvalue weighted by Crippen LogP contribution is -2.13. The van der Waals surface area contributed by atoms with E-state index in [0.29, 0.717) is 37.8 Å². The predicted molar refractivity (Wildman–Crippen MR) is 124 cm³/mol. The molecule has 5 rings (SSSR count). The van der Waals surface area contributed by atoms with Crippen LogP contribution in [-0.4, -0.2) is 24.8 Å². The van der Waals surface area contributed by atoms with E-state index in [1.807, 2.05) is 41.1 Å². The molecule has 0 unspecified atom stereocenters. The molecule has 0 aliphatic heterocycles. The summed E-state index contributed by atoms with van der Waals surface area (Å²) in [6.07, 6.45) is 0. The molecule has 4 heterocycles. The number of fused-ring (bicyclic) bond motifs is 1. The van der Waals surface area contributed by atoms with Crippen molar-refractivity contribution in [3.05, 3.63) is 68.4 Å². The van der Waals surface area contributed by atoms with E-state index >= 15 is 0 Å². The van der Waals surface area contributed by atoms with Gasteiger partial charge in [0, 0.05) is 21.5 Å². The van der Waals surface area contributed by atoms with Crippen LogP contribution in [0.5, 0.6) is 0 Å². The molecule has 5 aromatic rings. The predicted octanol–water partition coefficient (Wildman–Crippen LogP) is 4.63. The fourth-order valence-electron chi connectivity index (χ4n) is 3.02. The fourth-order valence-corrected chi connectivity index (χ4v) is 5.65. The maximum atomic E-state index is 12.8. The zero-order valence-corrected chi connectivity index (χ0v) is 18.4. The summed E-state index contributed by atoms with van der Waals surface area (Å²) in [5, 5.41) is 13.9. The van der Waals surface area contributed by atoms with Crippen molar-refractivity contribution in [2.75, 3.05) is 5.84 Å². The number of H-pyrrole nitrogens is 1. The molecule has 0 bridgehead atoms. The van der Waals surface area contributed by atoms with Crippen LogP contribution in [0, 0.1) is 0 Å². The Morgan fingerprint density at radius 2 is 2.00 bits per heavy atom. The molecule has 3 N–H and O–H groups in total. The highest BCUT2D eigenvalue weighted by atomic mass is 35.5. The number of aromatic amines is 1. The summed E-state index contributed by atoms with van der Waals surface area (Å²) < 4.78 is 1.45. The van der Waals surface area contributed by atoms with Gasteiger partial charge < -0.3 is 10.8 Å². The van der Waals surface area contributed by atoms with Crippen LogP contribution in [0.25, 0.3) is 32.0 Å². The van der Waals surface area contributed by atoms with E-state index in [-0.39, 0.29) is 5.56 Å². The van der Waals surface area contributed by atoms with Crippen molar-refractivity contribution in [1.29, 1.82) is 0 Å². The lowest BCUT2D eigenvalue weighted by molar-refractivity contribution is 0.848. The van der Waals surface area contributed by atoms with Crippen LogP contribution in [0.4, 0.5) is 0 Å². The Kier molecular flexibility index (Phi) is 5.07. The molecule has 0 radical (unpaired) electrons. The second kappa shape index (κ2) is 7.88. The van der Waals surface area contributed by atoms with E-state index in [1.54, 1.807) is 17.4 Å². The second-order valence-corrected chi connectivity index (χ2v) is 9.42. The first-order chi connectivity index (χ1) is 14.6. The number of thioether (sulfide) groups is 1. The highest BCUT2D eigenvalue weighted by Gasteiger charge is 2.17. The molecule has 0 fully saturated rings. The number of nitrogen functional groups attached to an aromatic ring is 1. The largest absolute Gasteiger partial charge is 0.335 e. The first-order valence-electron chi connectivity index (χ1n) is 8.74. The average Bonchev–Trinajstić information content (AvgIpc) is 3.47. The Morgan fingerprint density at radius 3 is 2.80 bits per heavy atom. The van der Waals surface area contributed by atoms with Crippen LogP contribution < -0.4 is 11.4 Å². The van der Waals surface area contributed by atoms with Crippen molar-refractivity contribution in [2.24, 2.45) is 0 Å². The van der Waals surface area contributed by atoms with Gasteiger partial charge in [0.25, 0.3) is 5.56 Å². The number of rotatable bonds is 5. The highest BCUT2D eigenvalue weighted by Crippen LogP contribution is 2.35. The third kappa shape index (κ3) is 3.41. The average molecular weight is 473 g/mol. The zero-order chi connectivity index (χ0) is 20.7. The summed E-state index contributed by atoms with van der Waals surface area (Å²) in [5.74, 6) is 7.69. The number of hydrogen-bond acceptors (Lipinski definition) is 8. The monoisotopic (exact) mass is 472 g/mol. The van der Waals surface area contributed by atoms with Gasteiger partial charge in [0.05, 0.1) is 16.0 Å². The van der Waals surface area contributed by atoms with E-state index in [1.165, 1.54) is 27.8 Å². The normalized spacial score (nSPS) is 11.4. The Balaban J connectivity index is 1.43. The highest BCUT2D eigenvalue weighted by molar-refractivity contribution is 7.98. The standard InChI is InChI=1S/C19H13ClN6OS3/c20-12-5-2-1-4-10(12)11-8-29-18-15(11)17(27)22-14(23-18)9-30-19-25-24-16(26(19)21)13-6-3-7-28-13/h1-8H,9,21H2,(H,22,23,27). The van der Waals surface area contributed by atoms with Gasteiger partial charge in [-0.3, -0.25) is 4.79 Å². The summed E-state index contributed by atoms with van der Waals surface area (Å²) in [6.45, 7) is 0. The molecule has 0 spiro atoms. The van der Waals surface area contributed by atoms with Crippen LogP contribution in [0.1, 0.15) is 5.82 Å². The van der Waals surface area contributed by atoms with Crippen molar-refractivity contribution >= 4 is 56.3 Å². The van der Waals surface area contributed by atoms with Crippen molar-refractivity contribution in [3.8, 4) is 21.8 Å². The van der Waals surface area contributed by atoms with Crippen LogP contribution in [0.2, 0.25) is 5.02 Å². The van der Waals surface area contributed by atoms with Gasteiger partial charge in [-0.05, 0) is 17.5 Å². The van der Waals surface area contributed by atoms with Crippen molar-refractivity contribution in [3.63, 3.8) is 0 Å². The molecule has 30 heavy (non-hydrogen) atoms. The van der Waals surface area contributed by atoms with Gasteiger partial charge >= 0.3 is 0 Å². The summed E-state index contributed by atoms with van der Waals surface area (Å²) in [5.41, 5.74) is 1.41. The van der Waals surface area contributed by atoms with Gasteiger partial charge in [-0.2, -0.15) is 0 Å². The van der Waals surface area contributed by atoms with Crippen LogP contribution in [0.15, 0.2) is 57.1 Å². The lowest BCUT2D eigenvalue weighted by Gasteiger charge is -2.04. The Morgan fingerprint density at radius 1 is 1.13 bits per heavy atom. The SMILES string of the molecule is Nn1c(SCc2nc3scc(-c4ccccc4Cl)c3c(=O)[nH]2)nnc1-c1cccs1. The molecule has 0 atom stereocenters. The summed E-state index contributed by atoms with van der Waals surface area (Å²) in [4.78, 5) is 21.9. The smallest absolute Gasteiger partial charge is 0.260 e. The second-order valence-electron chi connectivity index (χ2n) is 6.26. The molecule has 0 saturated heterocycles. The van der Waals surface area contributed by atoms with Crippen molar-refractivity contribution < 1.29 is 0 Å². The lowest BCUT2D eigenvalue weighted by atomic mass is 10.1. The number of benzene rings is 1. The van der Waals surface area contributed by atoms with Gasteiger partial charge in [-0.15, -0.1) is 32.9 Å². The summed E-state index contributed by atoms with van der Waals surface area (Å²) in [7, 11) is 0. The third-order valence-corrected chi connectivity index (χ3v) is 7.42. The summed E-state index contributed by atoms with van der Waals surface area (Å²) >= 11 is 10.6. The number of nitrogens with two attached hydrogens (primary N) is 1. The van der Waals surface area contributed by atoms with Gasteiger partial charge in [0.1, 0.15) is 10.7 Å². The Hall–Kier alpha value is -2.66. The van der Waals surface area contributed by atoms with Crippen LogP contribution >= 0.6 is 46.0 Å². The molecule has 1 aromatic carbocycles. The van der Waals surface area contributed by atoms with E-state index in [0.717, 1.165) is 16.0 Å². The quantitative estimate of drug-likeness (QED) is 0.285. The molecule has 0 amide bonds. The van der Waals surface area contributed by atoms with Crippen molar-refractivity contribution in [1.82, 2.24) is 24.8 Å². The first-order valence-corrected chi connectivity index (χ1v) is 11.9. The molecule has 7 nitrogen and oxygen atoms in total.